The van der Waals surface area contributed by atoms with Crippen LogP contribution >= 0.6 is 24.8 Å². The number of carbonyl (C=O) groups is 2. The van der Waals surface area contributed by atoms with E-state index in [9.17, 15) is 9.59 Å². The Labute approximate surface area is 186 Å². The van der Waals surface area contributed by atoms with Crippen LogP contribution in [0, 0.1) is 5.92 Å². The van der Waals surface area contributed by atoms with Crippen molar-refractivity contribution in [3.05, 3.63) is 35.9 Å². The molecule has 2 fully saturated rings. The molecule has 2 N–H and O–H groups in total. The van der Waals surface area contributed by atoms with Crippen molar-refractivity contribution in [3.8, 4) is 0 Å². The highest BCUT2D eigenvalue weighted by Gasteiger charge is 2.32. The summed E-state index contributed by atoms with van der Waals surface area (Å²) in [6, 6.07) is 10.5. The Kier molecular flexibility index (Phi) is 11.0. The van der Waals surface area contributed by atoms with Crippen molar-refractivity contribution < 1.29 is 9.59 Å². The molecule has 164 valence electrons. The summed E-state index contributed by atoms with van der Waals surface area (Å²) in [5.74, 6) is 0.0901. The molecule has 2 atom stereocenters. The maximum Gasteiger partial charge on any atom is 0.227 e. The lowest BCUT2D eigenvalue weighted by molar-refractivity contribution is -0.139. The van der Waals surface area contributed by atoms with Gasteiger partial charge in [0.2, 0.25) is 11.8 Å². The van der Waals surface area contributed by atoms with Gasteiger partial charge in [-0.3, -0.25) is 14.5 Å². The second kappa shape index (κ2) is 12.4. The summed E-state index contributed by atoms with van der Waals surface area (Å²) in [7, 11) is 0. The second-order valence-corrected chi connectivity index (χ2v) is 7.86. The predicted molar refractivity (Wildman–Crippen MR) is 121 cm³/mol. The van der Waals surface area contributed by atoms with Gasteiger partial charge in [0.05, 0.1) is 5.92 Å². The summed E-state index contributed by atoms with van der Waals surface area (Å²) < 4.78 is 0. The third kappa shape index (κ3) is 7.45. The lowest BCUT2D eigenvalue weighted by Crippen LogP contribution is -2.52. The van der Waals surface area contributed by atoms with Crippen LogP contribution in [-0.2, 0) is 16.0 Å². The number of benzene rings is 1. The first-order chi connectivity index (χ1) is 13.0. The monoisotopic (exact) mass is 444 g/mol. The molecule has 2 amide bonds. The van der Waals surface area contributed by atoms with Crippen molar-refractivity contribution in [2.75, 3.05) is 45.8 Å². The van der Waals surface area contributed by atoms with E-state index >= 15 is 0 Å². The fourth-order valence-corrected chi connectivity index (χ4v) is 4.06. The van der Waals surface area contributed by atoms with Gasteiger partial charge in [0.1, 0.15) is 0 Å². The molecule has 6 nitrogen and oxygen atoms in total. The number of carbonyl (C=O) groups excluding carboxylic acids is 2. The highest BCUT2D eigenvalue weighted by atomic mass is 35.5. The van der Waals surface area contributed by atoms with Crippen molar-refractivity contribution in [1.29, 1.82) is 0 Å². The molecule has 1 aromatic carbocycles. The van der Waals surface area contributed by atoms with Crippen LogP contribution in [0.4, 0.5) is 0 Å². The Morgan fingerprint density at radius 1 is 0.966 bits per heavy atom. The molecule has 1 aromatic rings. The first-order valence-electron chi connectivity index (χ1n) is 10.1. The maximum absolute atomic E-state index is 13.0. The van der Waals surface area contributed by atoms with Crippen molar-refractivity contribution in [1.82, 2.24) is 14.7 Å². The Morgan fingerprint density at radius 3 is 2.24 bits per heavy atom. The normalized spacial score (nSPS) is 22.8. The van der Waals surface area contributed by atoms with Crippen molar-refractivity contribution in [2.24, 2.45) is 11.7 Å². The quantitative estimate of drug-likeness (QED) is 0.768. The minimum Gasteiger partial charge on any atom is -0.341 e. The van der Waals surface area contributed by atoms with Gasteiger partial charge < -0.3 is 15.5 Å². The Bertz CT molecular complexity index is 639. The molecule has 8 heteroatoms. The molecule has 0 aliphatic carbocycles. The van der Waals surface area contributed by atoms with Crippen LogP contribution in [0.15, 0.2) is 30.3 Å². The standard InChI is InChI=1S/C21H32N4O2.2ClH/c1-17(26)25-15-19(7-8-20(22)16-25)21(27)24-13-11-23(12-14-24)10-9-18-5-3-2-4-6-18;;/h2-6,19-20H,7-16,22H2,1H3;2*1H/t19-,20+;;/m1../s1. The zero-order valence-corrected chi connectivity index (χ0v) is 18.8. The number of hydrogen-bond donors (Lipinski definition) is 1. The van der Waals surface area contributed by atoms with E-state index in [2.05, 4.69) is 29.2 Å². The van der Waals surface area contributed by atoms with E-state index in [-0.39, 0.29) is 48.6 Å². The van der Waals surface area contributed by atoms with Gasteiger partial charge >= 0.3 is 0 Å². The highest BCUT2D eigenvalue weighted by Crippen LogP contribution is 2.20. The van der Waals surface area contributed by atoms with Gasteiger partial charge in [-0.1, -0.05) is 30.3 Å². The number of amides is 2. The largest absolute Gasteiger partial charge is 0.341 e. The Hall–Kier alpha value is -1.34. The molecular formula is C21H34Cl2N4O2. The fourth-order valence-electron chi connectivity index (χ4n) is 4.06. The molecule has 2 aliphatic heterocycles. The lowest BCUT2D eigenvalue weighted by Gasteiger charge is -2.37. The van der Waals surface area contributed by atoms with Gasteiger partial charge in [-0.05, 0) is 24.8 Å². The lowest BCUT2D eigenvalue weighted by atomic mass is 10.00. The molecule has 0 unspecified atom stereocenters. The summed E-state index contributed by atoms with van der Waals surface area (Å²) in [5, 5.41) is 0. The van der Waals surface area contributed by atoms with Crippen LogP contribution in [-0.4, -0.2) is 78.4 Å². The number of halogens is 2. The van der Waals surface area contributed by atoms with Gasteiger partial charge in [-0.15, -0.1) is 24.8 Å². The first kappa shape index (κ1) is 25.7. The molecule has 0 bridgehead atoms. The van der Waals surface area contributed by atoms with Crippen LogP contribution in [0.5, 0.6) is 0 Å². The molecule has 0 radical (unpaired) electrons. The summed E-state index contributed by atoms with van der Waals surface area (Å²) >= 11 is 0. The van der Waals surface area contributed by atoms with Crippen molar-refractivity contribution in [2.45, 2.75) is 32.2 Å². The second-order valence-electron chi connectivity index (χ2n) is 7.86. The smallest absolute Gasteiger partial charge is 0.227 e. The number of likely N-dealkylation sites (tertiary alicyclic amines) is 1. The molecular weight excluding hydrogens is 411 g/mol. The minimum atomic E-state index is -0.113. The molecule has 0 spiro atoms. The van der Waals surface area contributed by atoms with Crippen molar-refractivity contribution in [3.63, 3.8) is 0 Å². The predicted octanol–water partition coefficient (Wildman–Crippen LogP) is 1.80. The number of rotatable bonds is 4. The van der Waals surface area contributed by atoms with Crippen LogP contribution < -0.4 is 5.73 Å². The summed E-state index contributed by atoms with van der Waals surface area (Å²) in [6.45, 7) is 7.05. The topological polar surface area (TPSA) is 69.9 Å². The molecule has 2 heterocycles. The zero-order valence-electron chi connectivity index (χ0n) is 17.2. The van der Waals surface area contributed by atoms with E-state index in [0.29, 0.717) is 13.1 Å². The number of hydrogen-bond acceptors (Lipinski definition) is 4. The molecule has 2 saturated heterocycles. The van der Waals surface area contributed by atoms with Gasteiger partial charge in [0.15, 0.2) is 0 Å². The van der Waals surface area contributed by atoms with Crippen LogP contribution in [0.25, 0.3) is 0 Å². The van der Waals surface area contributed by atoms with E-state index in [0.717, 1.165) is 52.0 Å². The van der Waals surface area contributed by atoms with E-state index in [4.69, 9.17) is 5.73 Å². The minimum absolute atomic E-state index is 0. The van der Waals surface area contributed by atoms with E-state index in [1.807, 2.05) is 11.0 Å². The first-order valence-corrected chi connectivity index (χ1v) is 10.1. The third-order valence-electron chi connectivity index (χ3n) is 5.82. The molecule has 3 rings (SSSR count). The molecule has 0 saturated carbocycles. The van der Waals surface area contributed by atoms with Gasteiger partial charge in [-0.25, -0.2) is 0 Å². The van der Waals surface area contributed by atoms with Crippen LogP contribution in [0.1, 0.15) is 25.3 Å². The van der Waals surface area contributed by atoms with Crippen molar-refractivity contribution >= 4 is 36.6 Å². The Morgan fingerprint density at radius 2 is 1.62 bits per heavy atom. The van der Waals surface area contributed by atoms with Gasteiger partial charge in [-0.2, -0.15) is 0 Å². The molecule has 29 heavy (non-hydrogen) atoms. The summed E-state index contributed by atoms with van der Waals surface area (Å²) in [5.41, 5.74) is 7.43. The number of piperazine rings is 1. The van der Waals surface area contributed by atoms with Gasteiger partial charge in [0, 0.05) is 58.8 Å². The number of nitrogens with zero attached hydrogens (tertiary/aromatic N) is 3. The van der Waals surface area contributed by atoms with E-state index in [1.54, 1.807) is 11.8 Å². The van der Waals surface area contributed by atoms with Gasteiger partial charge in [0.25, 0.3) is 0 Å². The average molecular weight is 445 g/mol. The van der Waals surface area contributed by atoms with E-state index < -0.39 is 0 Å². The maximum atomic E-state index is 13.0. The third-order valence-corrected chi connectivity index (χ3v) is 5.82. The summed E-state index contributed by atoms with van der Waals surface area (Å²) in [6.07, 6.45) is 2.62. The average Bonchev–Trinajstić information content (AvgIpc) is 2.89. The summed E-state index contributed by atoms with van der Waals surface area (Å²) in [4.78, 5) is 31.0. The SMILES string of the molecule is CC(=O)N1C[C@@H](N)CC[C@@H](C(=O)N2CCN(CCc3ccccc3)CC2)C1.Cl.Cl. The molecule has 0 aromatic heterocycles. The number of nitrogens with two attached hydrogens (primary N) is 1. The van der Waals surface area contributed by atoms with Crippen LogP contribution in [0.2, 0.25) is 0 Å². The van der Waals surface area contributed by atoms with E-state index in [1.165, 1.54) is 5.56 Å². The Balaban J connectivity index is 0.00000210. The fraction of sp³-hybridized carbons (Fsp3) is 0.619. The zero-order chi connectivity index (χ0) is 19.2. The van der Waals surface area contributed by atoms with Crippen LogP contribution in [0.3, 0.4) is 0 Å². The highest BCUT2D eigenvalue weighted by molar-refractivity contribution is 5.85. The molecule has 2 aliphatic rings.